The highest BCUT2D eigenvalue weighted by Gasteiger charge is 2.42. The van der Waals surface area contributed by atoms with E-state index in [1.165, 1.54) is 19.2 Å². The fourth-order valence-corrected chi connectivity index (χ4v) is 5.59. The zero-order valence-electron chi connectivity index (χ0n) is 20.9. The molecule has 1 saturated heterocycles. The molecule has 200 valence electrons. The van der Waals surface area contributed by atoms with E-state index in [9.17, 15) is 18.5 Å². The first-order chi connectivity index (χ1) is 18.7. The predicted octanol–water partition coefficient (Wildman–Crippen LogP) is 4.34. The van der Waals surface area contributed by atoms with Crippen molar-refractivity contribution in [2.75, 3.05) is 23.0 Å². The smallest absolute Gasteiger partial charge is 0.271 e. The molecule has 2 aromatic carbocycles. The molecule has 2 N–H and O–H groups in total. The number of nitrogens with zero attached hydrogens (tertiary/aromatic N) is 4. The van der Waals surface area contributed by atoms with Gasteiger partial charge in [-0.25, -0.2) is 8.42 Å². The Morgan fingerprint density at radius 1 is 1.08 bits per heavy atom. The van der Waals surface area contributed by atoms with Gasteiger partial charge in [-0.15, -0.1) is 0 Å². The molecule has 0 unspecified atom stereocenters. The van der Waals surface area contributed by atoms with E-state index < -0.39 is 21.0 Å². The van der Waals surface area contributed by atoms with Gasteiger partial charge in [-0.2, -0.15) is 0 Å². The second-order valence-corrected chi connectivity index (χ2v) is 11.0. The number of thiocarbonyl (C=S) groups is 1. The van der Waals surface area contributed by atoms with Gasteiger partial charge in [0.2, 0.25) is 10.0 Å². The minimum absolute atomic E-state index is 0.0306. The Morgan fingerprint density at radius 2 is 1.90 bits per heavy atom. The van der Waals surface area contributed by atoms with Crippen molar-refractivity contribution >= 4 is 44.4 Å². The Morgan fingerprint density at radius 3 is 2.59 bits per heavy atom. The minimum Gasteiger partial charge on any atom is -0.495 e. The SMILES string of the molecule is COc1ccc(N2C(=S)N[C@H](c3ccccn3)[C@@H]2c2cccn2-c2cccc([N+](=O)[O-])c2)cc1NS(C)(=O)=O. The van der Waals surface area contributed by atoms with E-state index >= 15 is 0 Å². The van der Waals surface area contributed by atoms with Crippen molar-refractivity contribution in [3.63, 3.8) is 0 Å². The average Bonchev–Trinajstić information content (AvgIpc) is 3.52. The zero-order chi connectivity index (χ0) is 27.7. The third kappa shape index (κ3) is 5.26. The first-order valence-corrected chi connectivity index (χ1v) is 14.0. The predicted molar refractivity (Wildman–Crippen MR) is 152 cm³/mol. The maximum Gasteiger partial charge on any atom is 0.271 e. The first kappa shape index (κ1) is 26.1. The topological polar surface area (TPSA) is 132 Å². The summed E-state index contributed by atoms with van der Waals surface area (Å²) in [7, 11) is -2.14. The molecule has 39 heavy (non-hydrogen) atoms. The Bertz CT molecular complexity index is 1660. The van der Waals surface area contributed by atoms with Crippen LogP contribution in [0.4, 0.5) is 17.1 Å². The van der Waals surface area contributed by atoms with Crippen LogP contribution < -0.4 is 19.7 Å². The second-order valence-electron chi connectivity index (χ2n) is 8.84. The van der Waals surface area contributed by atoms with Crippen molar-refractivity contribution in [3.8, 4) is 11.4 Å². The van der Waals surface area contributed by atoms with E-state index in [1.54, 1.807) is 36.5 Å². The maximum atomic E-state index is 12.1. The molecule has 1 fully saturated rings. The van der Waals surface area contributed by atoms with Crippen LogP contribution in [-0.4, -0.2) is 41.4 Å². The number of nitro groups is 1. The van der Waals surface area contributed by atoms with Gasteiger partial charge in [-0.05, 0) is 60.7 Å². The minimum atomic E-state index is -3.59. The fraction of sp³-hybridized carbons (Fsp3) is 0.154. The summed E-state index contributed by atoms with van der Waals surface area (Å²) >= 11 is 5.80. The highest BCUT2D eigenvalue weighted by atomic mass is 32.2. The van der Waals surface area contributed by atoms with Gasteiger partial charge in [0.05, 0.1) is 41.4 Å². The molecule has 13 heteroatoms. The third-order valence-electron chi connectivity index (χ3n) is 6.26. The van der Waals surface area contributed by atoms with Crippen molar-refractivity contribution in [2.45, 2.75) is 12.1 Å². The molecule has 1 aliphatic rings. The molecule has 0 spiro atoms. The average molecular weight is 565 g/mol. The van der Waals surface area contributed by atoms with Crippen molar-refractivity contribution < 1.29 is 18.1 Å². The Kier molecular flexibility index (Phi) is 6.93. The Labute approximate surface area is 230 Å². The molecule has 2 atom stereocenters. The maximum absolute atomic E-state index is 12.1. The molecule has 0 bridgehead atoms. The number of methoxy groups -OCH3 is 1. The van der Waals surface area contributed by atoms with Crippen LogP contribution in [0.15, 0.2) is 85.2 Å². The van der Waals surface area contributed by atoms with Crippen LogP contribution in [-0.2, 0) is 10.0 Å². The van der Waals surface area contributed by atoms with Crippen LogP contribution in [0.2, 0.25) is 0 Å². The third-order valence-corrected chi connectivity index (χ3v) is 7.16. The number of nitrogens with one attached hydrogen (secondary N) is 2. The van der Waals surface area contributed by atoms with Gasteiger partial charge in [0.1, 0.15) is 11.8 Å². The molecule has 0 amide bonds. The van der Waals surface area contributed by atoms with Gasteiger partial charge < -0.3 is 19.5 Å². The van der Waals surface area contributed by atoms with Crippen LogP contribution in [0.5, 0.6) is 5.75 Å². The number of aromatic nitrogens is 2. The lowest BCUT2D eigenvalue weighted by atomic mass is 10.0. The van der Waals surface area contributed by atoms with Gasteiger partial charge in [-0.1, -0.05) is 12.1 Å². The lowest BCUT2D eigenvalue weighted by molar-refractivity contribution is -0.384. The number of hydrogen-bond acceptors (Lipinski definition) is 7. The number of sulfonamides is 1. The lowest BCUT2D eigenvalue weighted by Gasteiger charge is -2.29. The number of ether oxygens (including phenoxy) is 1. The summed E-state index contributed by atoms with van der Waals surface area (Å²) in [6.07, 6.45) is 4.59. The van der Waals surface area contributed by atoms with Crippen LogP contribution in [0, 0.1) is 10.1 Å². The van der Waals surface area contributed by atoms with E-state index in [1.807, 2.05) is 46.0 Å². The van der Waals surface area contributed by atoms with Gasteiger partial charge in [0, 0.05) is 35.9 Å². The van der Waals surface area contributed by atoms with Gasteiger partial charge in [-0.3, -0.25) is 19.8 Å². The van der Waals surface area contributed by atoms with Crippen molar-refractivity contribution in [2.24, 2.45) is 0 Å². The van der Waals surface area contributed by atoms with Crippen LogP contribution >= 0.6 is 12.2 Å². The molecule has 2 aromatic heterocycles. The second kappa shape index (κ2) is 10.3. The number of pyridine rings is 1. The molecule has 0 aliphatic carbocycles. The van der Waals surface area contributed by atoms with Crippen molar-refractivity contribution in [3.05, 3.63) is 107 Å². The van der Waals surface area contributed by atoms with Crippen molar-refractivity contribution in [1.82, 2.24) is 14.9 Å². The summed E-state index contributed by atoms with van der Waals surface area (Å²) in [6, 6.07) is 20.0. The Hall–Kier alpha value is -4.49. The summed E-state index contributed by atoms with van der Waals surface area (Å²) in [6.45, 7) is 0. The van der Waals surface area contributed by atoms with E-state index in [2.05, 4.69) is 15.0 Å². The molecule has 0 saturated carbocycles. The number of nitro benzene ring substituents is 1. The molecule has 0 radical (unpaired) electrons. The summed E-state index contributed by atoms with van der Waals surface area (Å²) in [5.74, 6) is 0.347. The molecule has 11 nitrogen and oxygen atoms in total. The molecule has 4 aromatic rings. The highest BCUT2D eigenvalue weighted by molar-refractivity contribution is 7.92. The number of rotatable bonds is 8. The molecular formula is C26H24N6O5S2. The van der Waals surface area contributed by atoms with Crippen LogP contribution in [0.1, 0.15) is 23.5 Å². The summed E-state index contributed by atoms with van der Waals surface area (Å²) in [5.41, 5.74) is 2.96. The van der Waals surface area contributed by atoms with E-state index in [-0.39, 0.29) is 17.4 Å². The van der Waals surface area contributed by atoms with Crippen molar-refractivity contribution in [1.29, 1.82) is 0 Å². The van der Waals surface area contributed by atoms with E-state index in [0.29, 0.717) is 22.2 Å². The Balaban J connectivity index is 1.67. The van der Waals surface area contributed by atoms with Crippen LogP contribution in [0.25, 0.3) is 5.69 Å². The van der Waals surface area contributed by atoms with E-state index in [0.717, 1.165) is 17.6 Å². The number of non-ortho nitro benzene ring substituents is 1. The molecular weight excluding hydrogens is 540 g/mol. The standard InChI is InChI=1S/C26H24N6O5S2/c1-37-23-12-11-18(16-21(23)29-39(2,35)36)31-25(24(28-26(31)38)20-9-3-4-13-27-20)22-10-6-14-30(22)17-7-5-8-19(15-17)32(33)34/h3-16,24-25,29H,1-2H3,(H,28,38)/t24-,25+/m1/s1. The first-order valence-electron chi connectivity index (χ1n) is 11.7. The summed E-state index contributed by atoms with van der Waals surface area (Å²) in [5, 5.41) is 15.2. The normalized spacial score (nSPS) is 17.1. The summed E-state index contributed by atoms with van der Waals surface area (Å²) in [4.78, 5) is 17.5. The highest BCUT2D eigenvalue weighted by Crippen LogP contribution is 2.44. The number of benzene rings is 2. The monoisotopic (exact) mass is 564 g/mol. The van der Waals surface area contributed by atoms with Gasteiger partial charge in [0.15, 0.2) is 5.11 Å². The lowest BCUT2D eigenvalue weighted by Crippen LogP contribution is -2.30. The van der Waals surface area contributed by atoms with Crippen LogP contribution in [0.3, 0.4) is 0 Å². The molecule has 3 heterocycles. The van der Waals surface area contributed by atoms with E-state index in [4.69, 9.17) is 17.0 Å². The number of hydrogen-bond donors (Lipinski definition) is 2. The van der Waals surface area contributed by atoms with Gasteiger partial charge in [0.25, 0.3) is 5.69 Å². The zero-order valence-corrected chi connectivity index (χ0v) is 22.5. The fourth-order valence-electron chi connectivity index (χ4n) is 4.69. The summed E-state index contributed by atoms with van der Waals surface area (Å²) < 4.78 is 33.8. The van der Waals surface area contributed by atoms with Gasteiger partial charge >= 0.3 is 0 Å². The largest absolute Gasteiger partial charge is 0.495 e. The molecule has 1 aliphatic heterocycles. The quantitative estimate of drug-likeness (QED) is 0.182. The molecule has 5 rings (SSSR count). The number of anilines is 2.